The van der Waals surface area contributed by atoms with Gasteiger partial charge in [-0.2, -0.15) is 0 Å². The molecule has 0 radical (unpaired) electrons. The average Bonchev–Trinajstić information content (AvgIpc) is 2.22. The molecule has 1 aromatic heterocycles. The van der Waals surface area contributed by atoms with Gasteiger partial charge in [-0.25, -0.2) is 4.98 Å². The van der Waals surface area contributed by atoms with E-state index in [9.17, 15) is 0 Å². The Morgan fingerprint density at radius 1 is 1.00 bits per heavy atom. The van der Waals surface area contributed by atoms with Crippen molar-refractivity contribution in [2.24, 2.45) is 0 Å². The fourth-order valence-electron chi connectivity index (χ4n) is 1.17. The van der Waals surface area contributed by atoms with Gasteiger partial charge in [-0.05, 0) is 6.07 Å². The minimum atomic E-state index is 0.323. The summed E-state index contributed by atoms with van der Waals surface area (Å²) in [5.74, 6) is 0. The molecule has 2 rings (SSSR count). The van der Waals surface area contributed by atoms with Crippen LogP contribution >= 0.6 is 34.8 Å². The van der Waals surface area contributed by atoms with Crippen LogP contribution in [0.4, 0.5) is 0 Å². The third kappa shape index (κ3) is 2.23. The minimum Gasteiger partial charge on any atom is -0.259 e. The Bertz CT molecular complexity index is 500. The molecule has 2 aromatic rings. The van der Waals surface area contributed by atoms with Gasteiger partial charge in [0.15, 0.2) is 0 Å². The summed E-state index contributed by atoms with van der Waals surface area (Å²) in [6.45, 7) is 0. The molecule has 2 nitrogen and oxygen atoms in total. The molecule has 0 atom stereocenters. The van der Waals surface area contributed by atoms with Gasteiger partial charge in [0.1, 0.15) is 5.15 Å². The van der Waals surface area contributed by atoms with Crippen LogP contribution in [0.2, 0.25) is 15.2 Å². The Morgan fingerprint density at radius 2 is 1.80 bits per heavy atom. The lowest BCUT2D eigenvalue weighted by atomic mass is 10.1. The van der Waals surface area contributed by atoms with E-state index in [1.54, 1.807) is 18.3 Å². The van der Waals surface area contributed by atoms with Gasteiger partial charge in [-0.1, -0.05) is 46.9 Å². The van der Waals surface area contributed by atoms with Crippen molar-refractivity contribution in [1.82, 2.24) is 9.97 Å². The minimum absolute atomic E-state index is 0.323. The fourth-order valence-corrected chi connectivity index (χ4v) is 1.72. The summed E-state index contributed by atoms with van der Waals surface area (Å²) in [5, 5.41) is 1.26. The van der Waals surface area contributed by atoms with Crippen molar-refractivity contribution in [1.29, 1.82) is 0 Å². The molecule has 0 spiro atoms. The Labute approximate surface area is 102 Å². The van der Waals surface area contributed by atoms with Gasteiger partial charge < -0.3 is 0 Å². The highest BCUT2D eigenvalue weighted by Crippen LogP contribution is 2.32. The molecule has 0 N–H and O–H groups in total. The first-order valence-corrected chi connectivity index (χ1v) is 5.24. The topological polar surface area (TPSA) is 25.8 Å². The standard InChI is InChI=1S/C10H5Cl3N2/c11-7-3-1-2-6(10(7)13)8-4-14-5-9(12)15-8/h1-5H. The lowest BCUT2D eigenvalue weighted by Crippen LogP contribution is -1.87. The van der Waals surface area contributed by atoms with E-state index in [4.69, 9.17) is 34.8 Å². The molecule has 0 aliphatic carbocycles. The molecule has 1 aromatic carbocycles. The highest BCUT2D eigenvalue weighted by Gasteiger charge is 2.08. The maximum atomic E-state index is 6.04. The second-order valence-electron chi connectivity index (χ2n) is 2.83. The molecule has 0 unspecified atom stereocenters. The Balaban J connectivity index is 2.59. The summed E-state index contributed by atoms with van der Waals surface area (Å²) in [4.78, 5) is 8.04. The number of rotatable bonds is 1. The van der Waals surface area contributed by atoms with Gasteiger partial charge >= 0.3 is 0 Å². The monoisotopic (exact) mass is 258 g/mol. The fraction of sp³-hybridized carbons (Fsp3) is 0. The summed E-state index contributed by atoms with van der Waals surface area (Å²) >= 11 is 17.7. The van der Waals surface area contributed by atoms with Gasteiger partial charge in [0.2, 0.25) is 0 Å². The van der Waals surface area contributed by atoms with Crippen LogP contribution in [-0.4, -0.2) is 9.97 Å². The third-order valence-electron chi connectivity index (χ3n) is 1.83. The zero-order valence-corrected chi connectivity index (χ0v) is 9.68. The summed E-state index contributed by atoms with van der Waals surface area (Å²) in [7, 11) is 0. The van der Waals surface area contributed by atoms with Crippen molar-refractivity contribution in [2.75, 3.05) is 0 Å². The highest BCUT2D eigenvalue weighted by atomic mass is 35.5. The van der Waals surface area contributed by atoms with E-state index in [2.05, 4.69) is 9.97 Å². The normalized spacial score (nSPS) is 10.3. The second-order valence-corrected chi connectivity index (χ2v) is 4.00. The largest absolute Gasteiger partial charge is 0.259 e. The smallest absolute Gasteiger partial charge is 0.148 e. The number of hydrogen-bond acceptors (Lipinski definition) is 2. The van der Waals surface area contributed by atoms with Crippen LogP contribution in [0.25, 0.3) is 11.3 Å². The predicted octanol–water partition coefficient (Wildman–Crippen LogP) is 4.10. The Morgan fingerprint density at radius 3 is 2.53 bits per heavy atom. The van der Waals surface area contributed by atoms with Gasteiger partial charge in [0.25, 0.3) is 0 Å². The van der Waals surface area contributed by atoms with E-state index in [1.807, 2.05) is 6.07 Å². The van der Waals surface area contributed by atoms with Crippen LogP contribution in [0, 0.1) is 0 Å². The summed E-state index contributed by atoms with van der Waals surface area (Å²) < 4.78 is 0. The number of hydrogen-bond donors (Lipinski definition) is 0. The molecule has 15 heavy (non-hydrogen) atoms. The Kier molecular flexibility index (Phi) is 3.10. The van der Waals surface area contributed by atoms with E-state index in [1.165, 1.54) is 6.20 Å². The Hall–Kier alpha value is -0.830. The first kappa shape index (κ1) is 10.7. The van der Waals surface area contributed by atoms with Crippen LogP contribution in [-0.2, 0) is 0 Å². The van der Waals surface area contributed by atoms with E-state index >= 15 is 0 Å². The average molecular weight is 260 g/mol. The van der Waals surface area contributed by atoms with Gasteiger partial charge in [0, 0.05) is 5.56 Å². The number of halogens is 3. The van der Waals surface area contributed by atoms with E-state index in [0.717, 1.165) is 5.56 Å². The summed E-state index contributed by atoms with van der Waals surface area (Å²) in [6.07, 6.45) is 3.05. The maximum absolute atomic E-state index is 6.04. The number of aromatic nitrogens is 2. The van der Waals surface area contributed by atoms with E-state index in [-0.39, 0.29) is 0 Å². The molecule has 0 amide bonds. The number of nitrogens with zero attached hydrogens (tertiary/aromatic N) is 2. The van der Waals surface area contributed by atoms with Gasteiger partial charge in [-0.15, -0.1) is 0 Å². The molecular formula is C10H5Cl3N2. The van der Waals surface area contributed by atoms with Crippen LogP contribution in [0.3, 0.4) is 0 Å². The van der Waals surface area contributed by atoms with Crippen molar-refractivity contribution in [3.8, 4) is 11.3 Å². The quantitative estimate of drug-likeness (QED) is 0.770. The van der Waals surface area contributed by atoms with Crippen molar-refractivity contribution < 1.29 is 0 Å². The van der Waals surface area contributed by atoms with Crippen LogP contribution in [0.5, 0.6) is 0 Å². The molecule has 0 saturated carbocycles. The molecule has 0 aliphatic rings. The molecule has 1 heterocycles. The van der Waals surface area contributed by atoms with Gasteiger partial charge in [-0.3, -0.25) is 4.98 Å². The molecule has 5 heteroatoms. The highest BCUT2D eigenvalue weighted by molar-refractivity contribution is 6.43. The molecular weight excluding hydrogens is 254 g/mol. The van der Waals surface area contributed by atoms with E-state index in [0.29, 0.717) is 20.9 Å². The van der Waals surface area contributed by atoms with Crippen molar-refractivity contribution in [3.63, 3.8) is 0 Å². The van der Waals surface area contributed by atoms with Crippen molar-refractivity contribution in [3.05, 3.63) is 45.8 Å². The molecule has 76 valence electrons. The molecule has 0 saturated heterocycles. The van der Waals surface area contributed by atoms with Crippen LogP contribution in [0.1, 0.15) is 0 Å². The number of benzene rings is 1. The van der Waals surface area contributed by atoms with E-state index < -0.39 is 0 Å². The molecule has 0 fully saturated rings. The summed E-state index contributed by atoms with van der Waals surface area (Å²) in [5.41, 5.74) is 1.33. The maximum Gasteiger partial charge on any atom is 0.148 e. The zero-order chi connectivity index (χ0) is 10.8. The van der Waals surface area contributed by atoms with Crippen molar-refractivity contribution >= 4 is 34.8 Å². The van der Waals surface area contributed by atoms with Gasteiger partial charge in [0.05, 0.1) is 28.1 Å². The summed E-state index contributed by atoms with van der Waals surface area (Å²) in [6, 6.07) is 5.33. The first-order valence-electron chi connectivity index (χ1n) is 4.10. The zero-order valence-electron chi connectivity index (χ0n) is 7.42. The van der Waals surface area contributed by atoms with Crippen LogP contribution in [0.15, 0.2) is 30.6 Å². The second kappa shape index (κ2) is 4.35. The molecule has 0 bridgehead atoms. The SMILES string of the molecule is Clc1cncc(-c2cccc(Cl)c2Cl)n1. The molecule has 0 aliphatic heterocycles. The van der Waals surface area contributed by atoms with Crippen LogP contribution < -0.4 is 0 Å². The van der Waals surface area contributed by atoms with Crippen molar-refractivity contribution in [2.45, 2.75) is 0 Å². The first-order chi connectivity index (χ1) is 7.18. The lowest BCUT2D eigenvalue weighted by Gasteiger charge is -2.04. The lowest BCUT2D eigenvalue weighted by molar-refractivity contribution is 1.21. The predicted molar refractivity (Wildman–Crippen MR) is 62.5 cm³/mol. The third-order valence-corrected chi connectivity index (χ3v) is 2.83.